The molecular formula is C20H26N6O4. The number of nitrogens with zero attached hydrogens (tertiary/aromatic N) is 4. The SMILES string of the molecule is COc1ccc(NCCN2C3=NC4C(C(=O)NC(=O)N4C)N3C(C)=C2C)c(OC)c1. The molecule has 10 nitrogen and oxygen atoms in total. The van der Waals surface area contributed by atoms with Crippen LogP contribution in [0.4, 0.5) is 10.5 Å². The first kappa shape index (κ1) is 19.9. The highest BCUT2D eigenvalue weighted by atomic mass is 16.5. The molecule has 4 rings (SSSR count). The van der Waals surface area contributed by atoms with Crippen LogP contribution in [-0.4, -0.2) is 79.2 Å². The van der Waals surface area contributed by atoms with E-state index in [9.17, 15) is 9.59 Å². The van der Waals surface area contributed by atoms with Gasteiger partial charge in [-0.15, -0.1) is 0 Å². The molecule has 0 radical (unpaired) electrons. The molecule has 0 spiro atoms. The van der Waals surface area contributed by atoms with Crippen LogP contribution >= 0.6 is 0 Å². The molecular weight excluding hydrogens is 388 g/mol. The third-order valence-electron chi connectivity index (χ3n) is 5.83. The fourth-order valence-corrected chi connectivity index (χ4v) is 4.04. The molecule has 3 amide bonds. The summed E-state index contributed by atoms with van der Waals surface area (Å²) in [7, 11) is 4.88. The Morgan fingerprint density at radius 1 is 1.17 bits per heavy atom. The van der Waals surface area contributed by atoms with E-state index in [1.165, 1.54) is 4.90 Å². The second-order valence-corrected chi connectivity index (χ2v) is 7.38. The lowest BCUT2D eigenvalue weighted by Gasteiger charge is -2.35. The van der Waals surface area contributed by atoms with Gasteiger partial charge in [0.25, 0.3) is 5.91 Å². The maximum absolute atomic E-state index is 12.5. The Balaban J connectivity index is 1.50. The number of amides is 3. The monoisotopic (exact) mass is 414 g/mol. The van der Waals surface area contributed by atoms with Crippen molar-refractivity contribution in [2.24, 2.45) is 4.99 Å². The van der Waals surface area contributed by atoms with Gasteiger partial charge >= 0.3 is 6.03 Å². The number of benzene rings is 1. The molecule has 0 saturated carbocycles. The number of allylic oxidation sites excluding steroid dienone is 2. The highest BCUT2D eigenvalue weighted by Gasteiger charge is 2.52. The molecule has 160 valence electrons. The molecule has 2 N–H and O–H groups in total. The average Bonchev–Trinajstić information content (AvgIpc) is 3.24. The minimum atomic E-state index is -0.544. The minimum Gasteiger partial charge on any atom is -0.497 e. The number of aliphatic imine (C=N–C) groups is 1. The maximum atomic E-state index is 12.5. The Hall–Kier alpha value is -3.43. The minimum absolute atomic E-state index is 0.322. The van der Waals surface area contributed by atoms with Crippen LogP contribution in [0.25, 0.3) is 0 Å². The van der Waals surface area contributed by atoms with Crippen LogP contribution in [0.3, 0.4) is 0 Å². The number of guanidine groups is 1. The predicted octanol–water partition coefficient (Wildman–Crippen LogP) is 1.23. The zero-order valence-electron chi connectivity index (χ0n) is 17.7. The summed E-state index contributed by atoms with van der Waals surface area (Å²) in [4.78, 5) is 34.7. The summed E-state index contributed by atoms with van der Waals surface area (Å²) in [5.74, 6) is 1.79. The summed E-state index contributed by atoms with van der Waals surface area (Å²) >= 11 is 0. The van der Waals surface area contributed by atoms with Crippen LogP contribution in [0.1, 0.15) is 13.8 Å². The molecule has 1 saturated heterocycles. The standard InChI is InChI=1S/C20H26N6O4/c1-11-12(2)26-16-17(24(3)20(28)23-18(16)27)22-19(26)25(11)9-8-21-14-7-6-13(29-4)10-15(14)30-5/h6-7,10,16-17,21H,8-9H2,1-5H3,(H,23,27,28). The molecule has 3 aliphatic rings. The van der Waals surface area contributed by atoms with Crippen molar-refractivity contribution in [3.8, 4) is 11.5 Å². The third-order valence-corrected chi connectivity index (χ3v) is 5.83. The highest BCUT2D eigenvalue weighted by Crippen LogP contribution is 2.36. The van der Waals surface area contributed by atoms with E-state index in [4.69, 9.17) is 14.5 Å². The number of methoxy groups -OCH3 is 2. The van der Waals surface area contributed by atoms with E-state index >= 15 is 0 Å². The van der Waals surface area contributed by atoms with E-state index in [-0.39, 0.29) is 5.91 Å². The van der Waals surface area contributed by atoms with Gasteiger partial charge in [-0.3, -0.25) is 15.0 Å². The first-order chi connectivity index (χ1) is 14.4. The predicted molar refractivity (Wildman–Crippen MR) is 111 cm³/mol. The van der Waals surface area contributed by atoms with Crippen LogP contribution in [0.15, 0.2) is 34.6 Å². The summed E-state index contributed by atoms with van der Waals surface area (Å²) in [5.41, 5.74) is 2.85. The Morgan fingerprint density at radius 3 is 2.63 bits per heavy atom. The van der Waals surface area contributed by atoms with Crippen LogP contribution in [0, 0.1) is 0 Å². The molecule has 3 aliphatic heterocycles. The van der Waals surface area contributed by atoms with E-state index in [2.05, 4.69) is 15.5 Å². The van der Waals surface area contributed by atoms with E-state index in [0.29, 0.717) is 24.8 Å². The van der Waals surface area contributed by atoms with Crippen molar-refractivity contribution in [1.82, 2.24) is 20.0 Å². The fraction of sp³-hybridized carbons (Fsp3) is 0.450. The Kier molecular flexibility index (Phi) is 4.92. The summed E-state index contributed by atoms with van der Waals surface area (Å²) in [6.45, 7) is 5.23. The van der Waals surface area contributed by atoms with Gasteiger partial charge in [0.1, 0.15) is 11.5 Å². The van der Waals surface area contributed by atoms with Gasteiger partial charge in [-0.05, 0) is 26.0 Å². The van der Waals surface area contributed by atoms with Gasteiger partial charge in [0.05, 0.1) is 19.9 Å². The third kappa shape index (κ3) is 2.99. The lowest BCUT2D eigenvalue weighted by Crippen LogP contribution is -2.63. The molecule has 1 aromatic rings. The number of carbonyl (C=O) groups excluding carboxylic acids is 2. The lowest BCUT2D eigenvalue weighted by atomic mass is 10.1. The molecule has 10 heteroatoms. The molecule has 1 fully saturated rings. The van der Waals surface area contributed by atoms with Gasteiger partial charge in [0, 0.05) is 37.6 Å². The largest absolute Gasteiger partial charge is 0.497 e. The van der Waals surface area contributed by atoms with Crippen LogP contribution < -0.4 is 20.1 Å². The summed E-state index contributed by atoms with van der Waals surface area (Å²) in [6.07, 6.45) is -0.526. The zero-order valence-corrected chi connectivity index (χ0v) is 17.7. The Morgan fingerprint density at radius 2 is 1.93 bits per heavy atom. The number of nitrogens with one attached hydrogen (secondary N) is 2. The zero-order chi connectivity index (χ0) is 21.6. The molecule has 0 aliphatic carbocycles. The fourth-order valence-electron chi connectivity index (χ4n) is 4.04. The van der Waals surface area contributed by atoms with Crippen molar-refractivity contribution >= 4 is 23.6 Å². The van der Waals surface area contributed by atoms with E-state index in [1.807, 2.05) is 36.9 Å². The van der Waals surface area contributed by atoms with Gasteiger partial charge in [-0.2, -0.15) is 0 Å². The summed E-state index contributed by atoms with van der Waals surface area (Å²) < 4.78 is 10.7. The molecule has 1 aromatic carbocycles. The second-order valence-electron chi connectivity index (χ2n) is 7.38. The van der Waals surface area contributed by atoms with Crippen LogP contribution in [0.5, 0.6) is 11.5 Å². The molecule has 30 heavy (non-hydrogen) atoms. The molecule has 0 aromatic heterocycles. The molecule has 2 atom stereocenters. The topological polar surface area (TPSA) is 98.7 Å². The molecule has 2 unspecified atom stereocenters. The van der Waals surface area contributed by atoms with Gasteiger partial charge in [-0.25, -0.2) is 9.79 Å². The number of hydrogen-bond donors (Lipinski definition) is 2. The van der Waals surface area contributed by atoms with Gasteiger partial charge in [0.15, 0.2) is 12.2 Å². The van der Waals surface area contributed by atoms with Crippen LogP contribution in [-0.2, 0) is 4.79 Å². The van der Waals surface area contributed by atoms with Crippen molar-refractivity contribution in [3.05, 3.63) is 29.6 Å². The van der Waals surface area contributed by atoms with Gasteiger partial charge < -0.3 is 24.6 Å². The first-order valence-electron chi connectivity index (χ1n) is 9.73. The second kappa shape index (κ2) is 7.43. The van der Waals surface area contributed by atoms with E-state index < -0.39 is 18.2 Å². The molecule has 0 bridgehead atoms. The number of anilines is 1. The van der Waals surface area contributed by atoms with Crippen molar-refractivity contribution < 1.29 is 19.1 Å². The van der Waals surface area contributed by atoms with Gasteiger partial charge in [-0.1, -0.05) is 0 Å². The Bertz CT molecular complexity index is 959. The number of ether oxygens (including phenoxy) is 2. The number of imide groups is 1. The number of rotatable bonds is 6. The lowest BCUT2D eigenvalue weighted by molar-refractivity contribution is -0.126. The number of urea groups is 1. The first-order valence-corrected chi connectivity index (χ1v) is 9.73. The van der Waals surface area contributed by atoms with Crippen molar-refractivity contribution in [2.45, 2.75) is 26.1 Å². The smallest absolute Gasteiger partial charge is 0.325 e. The normalized spacial score (nSPS) is 22.7. The number of hydrogen-bond acceptors (Lipinski definition) is 8. The summed E-state index contributed by atoms with van der Waals surface area (Å²) in [6, 6.07) is 4.64. The van der Waals surface area contributed by atoms with Crippen molar-refractivity contribution in [3.63, 3.8) is 0 Å². The van der Waals surface area contributed by atoms with E-state index in [1.54, 1.807) is 21.3 Å². The maximum Gasteiger partial charge on any atom is 0.325 e. The highest BCUT2D eigenvalue weighted by molar-refractivity contribution is 6.05. The number of fused-ring (bicyclic) bond motifs is 3. The van der Waals surface area contributed by atoms with Crippen LogP contribution in [0.2, 0.25) is 0 Å². The van der Waals surface area contributed by atoms with Crippen molar-refractivity contribution in [1.29, 1.82) is 0 Å². The number of carbonyl (C=O) groups is 2. The van der Waals surface area contributed by atoms with Gasteiger partial charge in [0.2, 0.25) is 5.96 Å². The van der Waals surface area contributed by atoms with E-state index in [0.717, 1.165) is 22.8 Å². The van der Waals surface area contributed by atoms with Crippen molar-refractivity contribution in [2.75, 3.05) is 39.7 Å². The summed E-state index contributed by atoms with van der Waals surface area (Å²) in [5, 5.41) is 5.79. The Labute approximate surface area is 175 Å². The average molecular weight is 414 g/mol. The number of likely N-dealkylation sites (N-methyl/N-ethyl adjacent to an activating group) is 1. The molecule has 3 heterocycles. The quantitative estimate of drug-likeness (QED) is 0.722.